The fraction of sp³-hybridized carbons (Fsp3) is 0.176. The van der Waals surface area contributed by atoms with Gasteiger partial charge in [-0.15, -0.1) is 0 Å². The molecular weight excluding hydrogens is 360 g/mol. The maximum absolute atomic E-state index is 12.7. The van der Waals surface area contributed by atoms with Gasteiger partial charge in [-0.1, -0.05) is 16.8 Å². The number of hydrogen-bond donors (Lipinski definition) is 0. The van der Waals surface area contributed by atoms with Crippen molar-refractivity contribution in [2.75, 3.05) is 4.90 Å². The van der Waals surface area contributed by atoms with Gasteiger partial charge in [0.2, 0.25) is 11.7 Å². The van der Waals surface area contributed by atoms with Gasteiger partial charge in [-0.05, 0) is 43.3 Å². The summed E-state index contributed by atoms with van der Waals surface area (Å²) < 4.78 is 10.3. The molecule has 1 atom stereocenters. The van der Waals surface area contributed by atoms with Crippen LogP contribution in [0, 0.1) is 0 Å². The maximum Gasteiger partial charge on any atom is 0.332 e. The summed E-state index contributed by atoms with van der Waals surface area (Å²) in [6, 6.07) is 8.99. The Balaban J connectivity index is 1.56. The third-order valence-corrected chi connectivity index (χ3v) is 4.31. The highest BCUT2D eigenvalue weighted by atomic mass is 35.5. The molecule has 1 aliphatic rings. The van der Waals surface area contributed by atoms with Crippen LogP contribution >= 0.6 is 11.6 Å². The van der Waals surface area contributed by atoms with Crippen LogP contribution < -0.4 is 4.90 Å². The van der Waals surface area contributed by atoms with E-state index in [9.17, 15) is 9.59 Å². The summed E-state index contributed by atoms with van der Waals surface area (Å²) in [5.41, 5.74) is 0.588. The van der Waals surface area contributed by atoms with E-state index in [0.29, 0.717) is 16.5 Å². The first-order valence-corrected chi connectivity index (χ1v) is 8.19. The number of carbonyl (C=O) groups is 2. The molecule has 8 nitrogen and oxygen atoms in total. The van der Waals surface area contributed by atoms with Gasteiger partial charge >= 0.3 is 6.03 Å². The molecule has 0 radical (unpaired) electrons. The SMILES string of the molecule is CC1C(=O)N(Cc2nc(-c3ccco3)no2)C(=O)N1c1ccc(Cl)cc1. The number of urea groups is 1. The number of furan rings is 1. The second-order valence-electron chi connectivity index (χ2n) is 5.72. The lowest BCUT2D eigenvalue weighted by atomic mass is 10.2. The van der Waals surface area contributed by atoms with Crippen LogP contribution in [-0.2, 0) is 11.3 Å². The van der Waals surface area contributed by atoms with Gasteiger partial charge in [-0.3, -0.25) is 14.6 Å². The highest BCUT2D eigenvalue weighted by Crippen LogP contribution is 2.28. The van der Waals surface area contributed by atoms with Crippen LogP contribution in [0.3, 0.4) is 0 Å². The van der Waals surface area contributed by atoms with Crippen molar-refractivity contribution in [1.82, 2.24) is 15.0 Å². The van der Waals surface area contributed by atoms with Gasteiger partial charge in [-0.2, -0.15) is 4.98 Å². The predicted octanol–water partition coefficient (Wildman–Crippen LogP) is 3.34. The van der Waals surface area contributed by atoms with Crippen LogP contribution in [0.25, 0.3) is 11.6 Å². The summed E-state index contributed by atoms with van der Waals surface area (Å²) >= 11 is 5.88. The summed E-state index contributed by atoms with van der Waals surface area (Å²) in [6.45, 7) is 1.55. The summed E-state index contributed by atoms with van der Waals surface area (Å²) in [7, 11) is 0. The van der Waals surface area contributed by atoms with Gasteiger partial charge < -0.3 is 8.94 Å². The molecule has 0 spiro atoms. The Labute approximate surface area is 152 Å². The molecule has 3 aromatic rings. The molecule has 1 aliphatic heterocycles. The molecule has 9 heteroatoms. The molecule has 0 bridgehead atoms. The first kappa shape index (κ1) is 16.3. The van der Waals surface area contributed by atoms with E-state index in [1.54, 1.807) is 43.3 Å². The first-order valence-electron chi connectivity index (χ1n) is 7.81. The second-order valence-corrected chi connectivity index (χ2v) is 6.15. The monoisotopic (exact) mass is 372 g/mol. The minimum atomic E-state index is -0.642. The number of carbonyl (C=O) groups excluding carboxylic acids is 2. The van der Waals surface area contributed by atoms with E-state index in [4.69, 9.17) is 20.5 Å². The second kappa shape index (κ2) is 6.30. The number of hydrogen-bond acceptors (Lipinski definition) is 6. The largest absolute Gasteiger partial charge is 0.461 e. The van der Waals surface area contributed by atoms with Crippen LogP contribution in [0.4, 0.5) is 10.5 Å². The number of anilines is 1. The number of rotatable bonds is 4. The summed E-state index contributed by atoms with van der Waals surface area (Å²) in [5.74, 6) is 0.493. The zero-order chi connectivity index (χ0) is 18.3. The van der Waals surface area contributed by atoms with E-state index in [-0.39, 0.29) is 24.2 Å². The van der Waals surface area contributed by atoms with Crippen LogP contribution in [-0.4, -0.2) is 33.0 Å². The van der Waals surface area contributed by atoms with Gasteiger partial charge in [0.05, 0.1) is 6.26 Å². The quantitative estimate of drug-likeness (QED) is 0.652. The van der Waals surface area contributed by atoms with Crippen molar-refractivity contribution in [2.45, 2.75) is 19.5 Å². The number of aromatic nitrogens is 2. The van der Waals surface area contributed by atoms with E-state index in [0.717, 1.165) is 4.90 Å². The van der Waals surface area contributed by atoms with Crippen molar-refractivity contribution in [3.8, 4) is 11.6 Å². The maximum atomic E-state index is 12.7. The third kappa shape index (κ3) is 2.74. The molecule has 1 unspecified atom stereocenters. The lowest BCUT2D eigenvalue weighted by Crippen LogP contribution is -2.33. The highest BCUT2D eigenvalue weighted by molar-refractivity contribution is 6.30. The fourth-order valence-corrected chi connectivity index (χ4v) is 2.89. The topological polar surface area (TPSA) is 92.7 Å². The molecule has 1 fully saturated rings. The summed E-state index contributed by atoms with van der Waals surface area (Å²) in [6.07, 6.45) is 1.49. The molecule has 0 aliphatic carbocycles. The first-order chi connectivity index (χ1) is 12.5. The smallest absolute Gasteiger partial charge is 0.332 e. The van der Waals surface area contributed by atoms with Crippen molar-refractivity contribution in [1.29, 1.82) is 0 Å². The number of imide groups is 1. The molecule has 4 rings (SSSR count). The summed E-state index contributed by atoms with van der Waals surface area (Å²) in [4.78, 5) is 31.9. The van der Waals surface area contributed by atoms with Crippen LogP contribution in [0.2, 0.25) is 5.02 Å². The van der Waals surface area contributed by atoms with E-state index in [1.165, 1.54) is 11.2 Å². The van der Waals surface area contributed by atoms with Gasteiger partial charge in [0, 0.05) is 10.7 Å². The van der Waals surface area contributed by atoms with Crippen LogP contribution in [0.15, 0.2) is 51.6 Å². The molecule has 1 aromatic carbocycles. The Bertz CT molecular complexity index is 952. The zero-order valence-corrected chi connectivity index (χ0v) is 14.4. The molecule has 2 aromatic heterocycles. The Morgan fingerprint density at radius 2 is 1.96 bits per heavy atom. The van der Waals surface area contributed by atoms with Gasteiger partial charge in [0.1, 0.15) is 12.6 Å². The van der Waals surface area contributed by atoms with Crippen molar-refractivity contribution >= 4 is 29.2 Å². The van der Waals surface area contributed by atoms with Crippen molar-refractivity contribution in [3.05, 3.63) is 53.6 Å². The number of amides is 3. The summed E-state index contributed by atoms with van der Waals surface area (Å²) in [5, 5.41) is 4.35. The van der Waals surface area contributed by atoms with Gasteiger partial charge in [0.25, 0.3) is 5.91 Å². The van der Waals surface area contributed by atoms with Crippen LogP contribution in [0.5, 0.6) is 0 Å². The number of benzene rings is 1. The third-order valence-electron chi connectivity index (χ3n) is 4.06. The Hall–Kier alpha value is -3.13. The van der Waals surface area contributed by atoms with Crippen molar-refractivity contribution in [3.63, 3.8) is 0 Å². The number of halogens is 1. The molecule has 3 heterocycles. The van der Waals surface area contributed by atoms with Crippen molar-refractivity contribution in [2.24, 2.45) is 0 Å². The Morgan fingerprint density at radius 3 is 2.65 bits per heavy atom. The lowest BCUT2D eigenvalue weighted by Gasteiger charge is -2.19. The van der Waals surface area contributed by atoms with Crippen molar-refractivity contribution < 1.29 is 18.5 Å². The average molecular weight is 373 g/mol. The van der Waals surface area contributed by atoms with E-state index < -0.39 is 12.1 Å². The molecule has 0 saturated carbocycles. The lowest BCUT2D eigenvalue weighted by molar-refractivity contribution is -0.127. The standard InChI is InChI=1S/C17H13ClN4O4/c1-10-16(23)21(17(24)22(10)12-6-4-11(18)5-7-12)9-14-19-15(20-26-14)13-3-2-8-25-13/h2-8,10H,9H2,1H3. The normalized spacial score (nSPS) is 17.4. The predicted molar refractivity (Wildman–Crippen MR) is 91.3 cm³/mol. The molecule has 0 N–H and O–H groups in total. The minimum Gasteiger partial charge on any atom is -0.461 e. The molecular formula is C17H13ClN4O4. The number of nitrogens with zero attached hydrogens (tertiary/aromatic N) is 4. The van der Waals surface area contributed by atoms with E-state index in [2.05, 4.69) is 10.1 Å². The fourth-order valence-electron chi connectivity index (χ4n) is 2.77. The van der Waals surface area contributed by atoms with Gasteiger partial charge in [0.15, 0.2) is 5.76 Å². The van der Waals surface area contributed by atoms with Crippen LogP contribution in [0.1, 0.15) is 12.8 Å². The Morgan fingerprint density at radius 1 is 1.19 bits per heavy atom. The zero-order valence-electron chi connectivity index (χ0n) is 13.6. The Kier molecular flexibility index (Phi) is 3.96. The average Bonchev–Trinajstić information content (AvgIpc) is 3.35. The van der Waals surface area contributed by atoms with E-state index >= 15 is 0 Å². The van der Waals surface area contributed by atoms with Gasteiger partial charge in [-0.25, -0.2) is 4.79 Å². The highest BCUT2D eigenvalue weighted by Gasteiger charge is 2.44. The minimum absolute atomic E-state index is 0.111. The molecule has 132 valence electrons. The molecule has 3 amide bonds. The molecule has 1 saturated heterocycles. The molecule has 26 heavy (non-hydrogen) atoms. The van der Waals surface area contributed by atoms with E-state index in [1.807, 2.05) is 0 Å².